The molecule has 0 spiro atoms. The number of nitrogens with one attached hydrogen (secondary N) is 1. The van der Waals surface area contributed by atoms with Crippen LogP contribution in [0.15, 0.2) is 42.5 Å². The summed E-state index contributed by atoms with van der Waals surface area (Å²) in [5.41, 5.74) is 1.05. The van der Waals surface area contributed by atoms with Gasteiger partial charge in [-0.1, -0.05) is 30.3 Å². The van der Waals surface area contributed by atoms with Crippen molar-refractivity contribution < 1.29 is 28.9 Å². The second kappa shape index (κ2) is 10.9. The van der Waals surface area contributed by atoms with Gasteiger partial charge in [0.05, 0.1) is 19.8 Å². The number of amides is 1. The molecule has 0 aliphatic rings. The van der Waals surface area contributed by atoms with Gasteiger partial charge in [0.2, 0.25) is 5.75 Å². The molecule has 1 unspecified atom stereocenters. The normalized spacial score (nSPS) is 11.4. The van der Waals surface area contributed by atoms with Crippen LogP contribution in [0.3, 0.4) is 0 Å². The molecule has 7 nitrogen and oxygen atoms in total. The van der Waals surface area contributed by atoms with E-state index in [4.69, 9.17) is 14.2 Å². The Hall–Kier alpha value is -3.22. The zero-order valence-electron chi connectivity index (χ0n) is 16.9. The Bertz CT molecular complexity index is 794. The van der Waals surface area contributed by atoms with Crippen molar-refractivity contribution >= 4 is 11.9 Å². The first-order valence-corrected chi connectivity index (χ1v) is 9.64. The van der Waals surface area contributed by atoms with Crippen LogP contribution in [-0.4, -0.2) is 42.8 Å². The number of benzene rings is 2. The molecule has 2 aromatic carbocycles. The summed E-state index contributed by atoms with van der Waals surface area (Å²) >= 11 is 0. The standard InChI is InChI=1S/C22H27NO6/c1-4-27-18-13-16(14-19(28-5-2)20(18)29-6-3)21(24)23-17(22(25)26)12-15-10-8-7-9-11-15/h7-11,13-14,17H,4-6,12H2,1-3H3,(H,23,24)(H,25,26). The summed E-state index contributed by atoms with van der Waals surface area (Å²) in [7, 11) is 0. The maximum atomic E-state index is 12.8. The van der Waals surface area contributed by atoms with E-state index in [0.29, 0.717) is 37.1 Å². The topological polar surface area (TPSA) is 94.1 Å². The van der Waals surface area contributed by atoms with Gasteiger partial charge in [0, 0.05) is 12.0 Å². The fourth-order valence-electron chi connectivity index (χ4n) is 2.81. The van der Waals surface area contributed by atoms with E-state index in [2.05, 4.69) is 5.32 Å². The van der Waals surface area contributed by atoms with Crippen molar-refractivity contribution in [2.45, 2.75) is 33.2 Å². The molecule has 0 aliphatic carbocycles. The molecular formula is C22H27NO6. The summed E-state index contributed by atoms with van der Waals surface area (Å²) in [4.78, 5) is 24.5. The summed E-state index contributed by atoms with van der Waals surface area (Å²) in [5, 5.41) is 12.1. The van der Waals surface area contributed by atoms with Gasteiger partial charge in [-0.3, -0.25) is 4.79 Å². The van der Waals surface area contributed by atoms with Crippen LogP contribution in [0.5, 0.6) is 17.2 Å². The van der Waals surface area contributed by atoms with E-state index in [1.165, 1.54) is 12.1 Å². The monoisotopic (exact) mass is 401 g/mol. The molecule has 0 aliphatic heterocycles. The SMILES string of the molecule is CCOc1cc(C(=O)NC(Cc2ccccc2)C(=O)O)cc(OCC)c1OCC. The molecule has 2 N–H and O–H groups in total. The molecule has 0 saturated carbocycles. The van der Waals surface area contributed by atoms with Crippen LogP contribution < -0.4 is 19.5 Å². The summed E-state index contributed by atoms with van der Waals surface area (Å²) in [6, 6.07) is 11.1. The van der Waals surface area contributed by atoms with Gasteiger partial charge in [-0.2, -0.15) is 0 Å². The van der Waals surface area contributed by atoms with Crippen LogP contribution in [0, 0.1) is 0 Å². The van der Waals surface area contributed by atoms with Crippen molar-refractivity contribution in [1.29, 1.82) is 0 Å². The minimum atomic E-state index is -1.11. The van der Waals surface area contributed by atoms with Crippen LogP contribution in [0.1, 0.15) is 36.7 Å². The Labute approximate surface area is 170 Å². The molecule has 0 bridgehead atoms. The number of hydrogen-bond acceptors (Lipinski definition) is 5. The van der Waals surface area contributed by atoms with Gasteiger partial charge in [-0.25, -0.2) is 4.79 Å². The number of carbonyl (C=O) groups excluding carboxylic acids is 1. The van der Waals surface area contributed by atoms with Gasteiger partial charge in [0.1, 0.15) is 6.04 Å². The van der Waals surface area contributed by atoms with Crippen molar-refractivity contribution in [2.75, 3.05) is 19.8 Å². The Morgan fingerprint density at radius 2 is 1.48 bits per heavy atom. The molecular weight excluding hydrogens is 374 g/mol. The lowest BCUT2D eigenvalue weighted by Crippen LogP contribution is -2.42. The van der Waals surface area contributed by atoms with Gasteiger partial charge in [0.15, 0.2) is 11.5 Å². The molecule has 0 fully saturated rings. The van der Waals surface area contributed by atoms with Crippen molar-refractivity contribution in [3.63, 3.8) is 0 Å². The van der Waals surface area contributed by atoms with Gasteiger partial charge in [0.25, 0.3) is 5.91 Å². The average Bonchev–Trinajstić information content (AvgIpc) is 2.70. The van der Waals surface area contributed by atoms with Crippen molar-refractivity contribution in [1.82, 2.24) is 5.32 Å². The van der Waals surface area contributed by atoms with Crippen LogP contribution in [0.2, 0.25) is 0 Å². The number of hydrogen-bond donors (Lipinski definition) is 2. The highest BCUT2D eigenvalue weighted by molar-refractivity contribution is 5.97. The Kier molecular flexibility index (Phi) is 8.33. The van der Waals surface area contributed by atoms with Crippen LogP contribution in [0.4, 0.5) is 0 Å². The van der Waals surface area contributed by atoms with Gasteiger partial charge in [-0.15, -0.1) is 0 Å². The van der Waals surface area contributed by atoms with E-state index in [0.717, 1.165) is 5.56 Å². The number of carbonyl (C=O) groups is 2. The molecule has 2 rings (SSSR count). The van der Waals surface area contributed by atoms with E-state index in [9.17, 15) is 14.7 Å². The minimum Gasteiger partial charge on any atom is -0.490 e. The molecule has 29 heavy (non-hydrogen) atoms. The van der Waals surface area contributed by atoms with E-state index in [1.54, 1.807) is 0 Å². The van der Waals surface area contributed by atoms with E-state index < -0.39 is 17.9 Å². The number of aliphatic carboxylic acids is 1. The molecule has 2 aromatic rings. The number of ether oxygens (including phenoxy) is 3. The third-order valence-corrected chi connectivity index (χ3v) is 4.06. The lowest BCUT2D eigenvalue weighted by molar-refractivity contribution is -0.139. The van der Waals surface area contributed by atoms with E-state index in [-0.39, 0.29) is 12.0 Å². The molecule has 156 valence electrons. The molecule has 1 atom stereocenters. The summed E-state index contributed by atoms with van der Waals surface area (Å²) < 4.78 is 16.9. The Morgan fingerprint density at radius 3 is 1.97 bits per heavy atom. The predicted octanol–water partition coefficient (Wildman–Crippen LogP) is 3.31. The van der Waals surface area contributed by atoms with Crippen molar-refractivity contribution in [2.24, 2.45) is 0 Å². The lowest BCUT2D eigenvalue weighted by atomic mass is 10.1. The highest BCUT2D eigenvalue weighted by Gasteiger charge is 2.24. The smallest absolute Gasteiger partial charge is 0.326 e. The Morgan fingerprint density at radius 1 is 0.931 bits per heavy atom. The molecule has 0 radical (unpaired) electrons. The number of rotatable bonds is 11. The zero-order chi connectivity index (χ0) is 21.2. The fraction of sp³-hybridized carbons (Fsp3) is 0.364. The zero-order valence-corrected chi connectivity index (χ0v) is 16.9. The van der Waals surface area contributed by atoms with Crippen molar-refractivity contribution in [3.05, 3.63) is 53.6 Å². The van der Waals surface area contributed by atoms with Crippen molar-refractivity contribution in [3.8, 4) is 17.2 Å². The van der Waals surface area contributed by atoms with E-state index in [1.807, 2.05) is 51.1 Å². The second-order valence-corrected chi connectivity index (χ2v) is 6.15. The fourth-order valence-corrected chi connectivity index (χ4v) is 2.81. The first-order valence-electron chi connectivity index (χ1n) is 9.64. The van der Waals surface area contributed by atoms with Gasteiger partial charge >= 0.3 is 5.97 Å². The summed E-state index contributed by atoms with van der Waals surface area (Å²) in [6.07, 6.45) is 0.176. The van der Waals surface area contributed by atoms with Gasteiger partial charge in [-0.05, 0) is 38.5 Å². The first-order chi connectivity index (χ1) is 14.0. The Balaban J connectivity index is 2.30. The highest BCUT2D eigenvalue weighted by atomic mass is 16.5. The van der Waals surface area contributed by atoms with Crippen LogP contribution >= 0.6 is 0 Å². The predicted molar refractivity (Wildman–Crippen MR) is 109 cm³/mol. The first kappa shape index (κ1) is 22.1. The molecule has 0 aromatic heterocycles. The molecule has 0 saturated heterocycles. The van der Waals surface area contributed by atoms with Gasteiger partial charge < -0.3 is 24.6 Å². The third kappa shape index (κ3) is 6.14. The van der Waals surface area contributed by atoms with Crippen LogP contribution in [0.25, 0.3) is 0 Å². The molecule has 0 heterocycles. The van der Waals surface area contributed by atoms with E-state index >= 15 is 0 Å². The average molecular weight is 401 g/mol. The molecule has 7 heteroatoms. The van der Waals surface area contributed by atoms with Crippen LogP contribution in [-0.2, 0) is 11.2 Å². The summed E-state index contributed by atoms with van der Waals surface area (Å²) in [6.45, 7) is 6.65. The quantitative estimate of drug-likeness (QED) is 0.600. The highest BCUT2D eigenvalue weighted by Crippen LogP contribution is 2.39. The largest absolute Gasteiger partial charge is 0.490 e. The third-order valence-electron chi connectivity index (χ3n) is 4.06. The lowest BCUT2D eigenvalue weighted by Gasteiger charge is -2.18. The number of carboxylic acids is 1. The molecule has 1 amide bonds. The maximum absolute atomic E-state index is 12.8. The summed E-state index contributed by atoms with van der Waals surface area (Å²) in [5.74, 6) is -0.464. The minimum absolute atomic E-state index is 0.176. The second-order valence-electron chi connectivity index (χ2n) is 6.15. The number of carboxylic acid groups (broad SMARTS) is 1. The maximum Gasteiger partial charge on any atom is 0.326 e.